The van der Waals surface area contributed by atoms with Gasteiger partial charge in [-0.15, -0.1) is 0 Å². The molecule has 0 heterocycles. The number of hydrogen-bond donors (Lipinski definition) is 1. The topological polar surface area (TPSA) is 76.1 Å². The van der Waals surface area contributed by atoms with Crippen LogP contribution in [0.3, 0.4) is 0 Å². The largest absolute Gasteiger partial charge is 0.466 e. The molecule has 2 N–H and O–H groups in total. The third kappa shape index (κ3) is 3.71. The Bertz CT molecular complexity index is 548. The molecule has 1 rings (SSSR count). The van der Waals surface area contributed by atoms with Crippen LogP contribution in [0.5, 0.6) is 0 Å². The number of carbonyl (C=O) groups excluding carboxylic acids is 1. The highest BCUT2D eigenvalue weighted by Gasteiger charge is 2.32. The Kier molecular flexibility index (Phi) is 5.11. The second kappa shape index (κ2) is 6.39. The molecule has 0 fully saturated rings. The van der Waals surface area contributed by atoms with Crippen molar-refractivity contribution >= 4 is 5.97 Å². The van der Waals surface area contributed by atoms with Gasteiger partial charge in [0, 0.05) is 6.54 Å². The minimum atomic E-state index is -4.57. The molecule has 0 aliphatic heterocycles. The fourth-order valence-corrected chi connectivity index (χ4v) is 1.74. The van der Waals surface area contributed by atoms with Gasteiger partial charge in [-0.1, -0.05) is 0 Å². The van der Waals surface area contributed by atoms with Crippen molar-refractivity contribution in [2.24, 2.45) is 5.73 Å². The molecule has 108 valence electrons. The van der Waals surface area contributed by atoms with Crippen LogP contribution in [0, 0.1) is 11.3 Å². The summed E-state index contributed by atoms with van der Waals surface area (Å²) in [7, 11) is 0. The smallest absolute Gasteiger partial charge is 0.416 e. The first-order valence-corrected chi connectivity index (χ1v) is 5.82. The van der Waals surface area contributed by atoms with Gasteiger partial charge in [-0.25, -0.2) is 0 Å². The Balaban J connectivity index is 3.32. The first-order chi connectivity index (χ1) is 9.33. The fraction of sp³-hybridized carbons (Fsp3) is 0.385. The van der Waals surface area contributed by atoms with Gasteiger partial charge in [-0.3, -0.25) is 4.79 Å². The number of benzene rings is 1. The molecule has 0 unspecified atom stereocenters. The summed E-state index contributed by atoms with van der Waals surface area (Å²) in [4.78, 5) is 11.4. The maximum Gasteiger partial charge on any atom is 0.416 e. The van der Waals surface area contributed by atoms with E-state index in [2.05, 4.69) is 4.74 Å². The summed E-state index contributed by atoms with van der Waals surface area (Å²) >= 11 is 0. The van der Waals surface area contributed by atoms with Crippen LogP contribution >= 0.6 is 0 Å². The molecule has 0 radical (unpaired) electrons. The first-order valence-electron chi connectivity index (χ1n) is 5.82. The zero-order chi connectivity index (χ0) is 15.3. The van der Waals surface area contributed by atoms with Gasteiger partial charge in [-0.2, -0.15) is 18.4 Å². The average molecular weight is 286 g/mol. The molecule has 0 saturated heterocycles. The number of alkyl halides is 3. The molecular formula is C13H13F3N2O2. The van der Waals surface area contributed by atoms with Crippen molar-refractivity contribution in [1.29, 1.82) is 5.26 Å². The number of ether oxygens (including phenoxy) is 1. The molecule has 0 aliphatic carbocycles. The van der Waals surface area contributed by atoms with Gasteiger partial charge < -0.3 is 10.5 Å². The Morgan fingerprint density at radius 3 is 2.45 bits per heavy atom. The predicted molar refractivity (Wildman–Crippen MR) is 64.4 cm³/mol. The van der Waals surface area contributed by atoms with E-state index in [0.29, 0.717) is 0 Å². The van der Waals surface area contributed by atoms with Crippen LogP contribution in [0.25, 0.3) is 0 Å². The van der Waals surface area contributed by atoms with E-state index < -0.39 is 24.1 Å². The average Bonchev–Trinajstić information content (AvgIpc) is 2.36. The number of halogens is 3. The van der Waals surface area contributed by atoms with Gasteiger partial charge in [-0.05, 0) is 30.2 Å². The Morgan fingerprint density at radius 1 is 1.40 bits per heavy atom. The van der Waals surface area contributed by atoms with Crippen molar-refractivity contribution in [2.75, 3.05) is 6.61 Å². The van der Waals surface area contributed by atoms with Gasteiger partial charge in [0.15, 0.2) is 0 Å². The van der Waals surface area contributed by atoms with E-state index >= 15 is 0 Å². The molecule has 0 bridgehead atoms. The molecule has 0 saturated carbocycles. The lowest BCUT2D eigenvalue weighted by Crippen LogP contribution is -2.14. The number of rotatable bonds is 4. The van der Waals surface area contributed by atoms with Crippen LogP contribution in [-0.2, 0) is 28.7 Å². The first kappa shape index (κ1) is 16.0. The van der Waals surface area contributed by atoms with E-state index in [4.69, 9.17) is 11.0 Å². The zero-order valence-electron chi connectivity index (χ0n) is 10.8. The highest BCUT2D eigenvalue weighted by Crippen LogP contribution is 2.32. The number of nitriles is 1. The van der Waals surface area contributed by atoms with Crippen LogP contribution in [0.4, 0.5) is 13.2 Å². The molecule has 4 nitrogen and oxygen atoms in total. The lowest BCUT2D eigenvalue weighted by atomic mass is 9.96. The third-order valence-corrected chi connectivity index (χ3v) is 2.60. The van der Waals surface area contributed by atoms with Crippen molar-refractivity contribution in [1.82, 2.24) is 0 Å². The van der Waals surface area contributed by atoms with Crippen LogP contribution in [0.2, 0.25) is 0 Å². The van der Waals surface area contributed by atoms with Crippen molar-refractivity contribution in [3.8, 4) is 6.07 Å². The molecule has 0 aromatic heterocycles. The van der Waals surface area contributed by atoms with Crippen LogP contribution < -0.4 is 5.73 Å². The summed E-state index contributed by atoms with van der Waals surface area (Å²) in [6, 6.07) is 3.40. The summed E-state index contributed by atoms with van der Waals surface area (Å²) < 4.78 is 43.0. The second-order valence-electron chi connectivity index (χ2n) is 3.96. The standard InChI is InChI=1S/C13H13F3N2O2/c1-2-20-12(19)5-8-3-10(13(14,15)16)4-9(6-17)11(8)7-18/h3-4H,2,5-6,17H2,1H3. The summed E-state index contributed by atoms with van der Waals surface area (Å²) in [6.07, 6.45) is -4.96. The molecular weight excluding hydrogens is 273 g/mol. The summed E-state index contributed by atoms with van der Waals surface area (Å²) in [5, 5.41) is 9.03. The number of hydrogen-bond acceptors (Lipinski definition) is 4. The quantitative estimate of drug-likeness (QED) is 0.860. The van der Waals surface area contributed by atoms with Crippen LogP contribution in [0.15, 0.2) is 12.1 Å². The summed E-state index contributed by atoms with van der Waals surface area (Å²) in [6.45, 7) is 1.48. The van der Waals surface area contributed by atoms with Crippen molar-refractivity contribution in [2.45, 2.75) is 26.1 Å². The Labute approximate surface area is 113 Å². The van der Waals surface area contributed by atoms with E-state index in [1.807, 2.05) is 0 Å². The van der Waals surface area contributed by atoms with Crippen molar-refractivity contribution < 1.29 is 22.7 Å². The lowest BCUT2D eigenvalue weighted by molar-refractivity contribution is -0.142. The number of nitrogens with zero attached hydrogens (tertiary/aromatic N) is 1. The highest BCUT2D eigenvalue weighted by atomic mass is 19.4. The minimum absolute atomic E-state index is 0.00597. The lowest BCUT2D eigenvalue weighted by Gasteiger charge is -2.13. The van der Waals surface area contributed by atoms with Gasteiger partial charge in [0.1, 0.15) is 0 Å². The van der Waals surface area contributed by atoms with E-state index in [9.17, 15) is 18.0 Å². The van der Waals surface area contributed by atoms with Gasteiger partial charge in [0.05, 0.1) is 30.2 Å². The fourth-order valence-electron chi connectivity index (χ4n) is 1.74. The molecule has 7 heteroatoms. The zero-order valence-corrected chi connectivity index (χ0v) is 10.8. The van der Waals surface area contributed by atoms with Crippen LogP contribution in [0.1, 0.15) is 29.2 Å². The van der Waals surface area contributed by atoms with E-state index in [1.165, 1.54) is 0 Å². The van der Waals surface area contributed by atoms with E-state index in [0.717, 1.165) is 12.1 Å². The maximum atomic E-state index is 12.8. The summed E-state index contributed by atoms with van der Waals surface area (Å²) in [5.41, 5.74) is 4.45. The molecule has 0 aliphatic rings. The second-order valence-corrected chi connectivity index (χ2v) is 3.96. The van der Waals surface area contributed by atoms with Gasteiger partial charge in [0.25, 0.3) is 0 Å². The third-order valence-electron chi connectivity index (χ3n) is 2.60. The number of carbonyl (C=O) groups is 1. The van der Waals surface area contributed by atoms with E-state index in [-0.39, 0.29) is 29.8 Å². The molecule has 0 spiro atoms. The SMILES string of the molecule is CCOC(=O)Cc1cc(C(F)(F)F)cc(CN)c1C#N. The molecule has 1 aromatic carbocycles. The number of nitrogens with two attached hydrogens (primary N) is 1. The molecule has 0 atom stereocenters. The molecule has 1 aromatic rings. The minimum Gasteiger partial charge on any atom is -0.466 e. The summed E-state index contributed by atoms with van der Waals surface area (Å²) in [5.74, 6) is -0.689. The Hall–Kier alpha value is -2.07. The van der Waals surface area contributed by atoms with Crippen LogP contribution in [-0.4, -0.2) is 12.6 Å². The van der Waals surface area contributed by atoms with Gasteiger partial charge >= 0.3 is 12.1 Å². The van der Waals surface area contributed by atoms with Gasteiger partial charge in [0.2, 0.25) is 0 Å². The monoisotopic (exact) mass is 286 g/mol. The van der Waals surface area contributed by atoms with E-state index in [1.54, 1.807) is 13.0 Å². The number of esters is 1. The molecule has 0 amide bonds. The molecule has 20 heavy (non-hydrogen) atoms. The highest BCUT2D eigenvalue weighted by molar-refractivity contribution is 5.74. The maximum absolute atomic E-state index is 12.8. The Morgan fingerprint density at radius 2 is 2.00 bits per heavy atom. The van der Waals surface area contributed by atoms with Crippen molar-refractivity contribution in [3.05, 3.63) is 34.4 Å². The van der Waals surface area contributed by atoms with Crippen molar-refractivity contribution in [3.63, 3.8) is 0 Å². The predicted octanol–water partition coefficient (Wildman–Crippen LogP) is 2.14. The normalized spacial score (nSPS) is 11.0.